The van der Waals surface area contributed by atoms with Crippen LogP contribution in [0.4, 0.5) is 11.6 Å². The number of furan rings is 1. The molecule has 1 aliphatic heterocycles. The summed E-state index contributed by atoms with van der Waals surface area (Å²) in [5.41, 5.74) is 0.527. The Labute approximate surface area is 135 Å². The summed E-state index contributed by atoms with van der Waals surface area (Å²) in [5, 5.41) is 6.06. The molecule has 2 aromatic rings. The van der Waals surface area contributed by atoms with Gasteiger partial charge in [0.2, 0.25) is 0 Å². The van der Waals surface area contributed by atoms with E-state index in [0.717, 1.165) is 30.5 Å². The predicted octanol–water partition coefficient (Wildman–Crippen LogP) is 1.82. The summed E-state index contributed by atoms with van der Waals surface area (Å²) in [6, 6.07) is 3.61. The number of nitrogens with zero attached hydrogens (tertiary/aromatic N) is 3. The Kier molecular flexibility index (Phi) is 4.75. The second kappa shape index (κ2) is 7.13. The van der Waals surface area contributed by atoms with Crippen LogP contribution >= 0.6 is 0 Å². The van der Waals surface area contributed by atoms with Gasteiger partial charge in [0.05, 0.1) is 11.8 Å². The maximum atomic E-state index is 11.8. The minimum atomic E-state index is -0.142. The Bertz CT molecular complexity index is 650. The van der Waals surface area contributed by atoms with Gasteiger partial charge in [-0.25, -0.2) is 9.97 Å². The van der Waals surface area contributed by atoms with Crippen molar-refractivity contribution < 1.29 is 9.21 Å². The molecule has 0 aliphatic carbocycles. The molecule has 1 saturated heterocycles. The second-order valence-corrected chi connectivity index (χ2v) is 5.55. The number of nitrogens with one attached hydrogen (secondary N) is 2. The van der Waals surface area contributed by atoms with Crippen LogP contribution in [-0.4, -0.2) is 42.1 Å². The van der Waals surface area contributed by atoms with Gasteiger partial charge >= 0.3 is 0 Å². The number of hydrogen-bond donors (Lipinski definition) is 2. The van der Waals surface area contributed by atoms with E-state index >= 15 is 0 Å². The largest absolute Gasteiger partial charge is 0.472 e. The highest BCUT2D eigenvalue weighted by Crippen LogP contribution is 2.20. The number of carbonyl (C=O) groups is 1. The molecule has 3 heterocycles. The first-order chi connectivity index (χ1) is 11.2. The lowest BCUT2D eigenvalue weighted by Gasteiger charge is -2.17. The van der Waals surface area contributed by atoms with Crippen molar-refractivity contribution in [2.75, 3.05) is 36.4 Å². The molecule has 3 rings (SSSR count). The van der Waals surface area contributed by atoms with E-state index in [2.05, 4.69) is 25.5 Å². The van der Waals surface area contributed by atoms with E-state index in [4.69, 9.17) is 4.42 Å². The van der Waals surface area contributed by atoms with E-state index in [1.807, 2.05) is 13.0 Å². The Morgan fingerprint density at radius 1 is 1.30 bits per heavy atom. The lowest BCUT2D eigenvalue weighted by molar-refractivity contribution is 0.0954. The minimum Gasteiger partial charge on any atom is -0.472 e. The Hall–Kier alpha value is -2.57. The van der Waals surface area contributed by atoms with Crippen LogP contribution in [0.25, 0.3) is 0 Å². The Morgan fingerprint density at radius 2 is 2.13 bits per heavy atom. The quantitative estimate of drug-likeness (QED) is 0.791. The van der Waals surface area contributed by atoms with Crippen LogP contribution < -0.4 is 15.5 Å². The monoisotopic (exact) mass is 315 g/mol. The molecular weight excluding hydrogens is 294 g/mol. The lowest BCUT2D eigenvalue weighted by Crippen LogP contribution is -2.28. The predicted molar refractivity (Wildman–Crippen MR) is 87.7 cm³/mol. The maximum Gasteiger partial charge on any atom is 0.254 e. The number of aryl methyl sites for hydroxylation is 1. The fourth-order valence-electron chi connectivity index (χ4n) is 2.61. The van der Waals surface area contributed by atoms with E-state index in [0.29, 0.717) is 18.7 Å². The first-order valence-electron chi connectivity index (χ1n) is 7.87. The first-order valence-corrected chi connectivity index (χ1v) is 7.87. The number of aromatic nitrogens is 2. The smallest absolute Gasteiger partial charge is 0.254 e. The third-order valence-corrected chi connectivity index (χ3v) is 3.75. The van der Waals surface area contributed by atoms with Crippen LogP contribution in [0.2, 0.25) is 0 Å². The summed E-state index contributed by atoms with van der Waals surface area (Å²) in [6.45, 7) is 5.10. The average molecular weight is 315 g/mol. The SMILES string of the molecule is Cc1nc(NCCNC(=O)c2ccoc2)cc(N2CCCC2)n1. The summed E-state index contributed by atoms with van der Waals surface area (Å²) in [7, 11) is 0. The van der Waals surface area contributed by atoms with Gasteiger partial charge in [0, 0.05) is 32.2 Å². The highest BCUT2D eigenvalue weighted by molar-refractivity contribution is 5.93. The Morgan fingerprint density at radius 3 is 2.87 bits per heavy atom. The minimum absolute atomic E-state index is 0.142. The fourth-order valence-corrected chi connectivity index (χ4v) is 2.61. The van der Waals surface area contributed by atoms with Crippen LogP contribution in [0.1, 0.15) is 29.0 Å². The molecule has 0 spiro atoms. The van der Waals surface area contributed by atoms with Crippen molar-refractivity contribution >= 4 is 17.5 Å². The topological polar surface area (TPSA) is 83.3 Å². The molecule has 1 amide bonds. The third-order valence-electron chi connectivity index (χ3n) is 3.75. The Balaban J connectivity index is 1.51. The zero-order valence-electron chi connectivity index (χ0n) is 13.2. The summed E-state index contributed by atoms with van der Waals surface area (Å²) >= 11 is 0. The van der Waals surface area contributed by atoms with Gasteiger partial charge in [-0.05, 0) is 25.8 Å². The molecule has 7 heteroatoms. The summed E-state index contributed by atoms with van der Waals surface area (Å²) in [4.78, 5) is 22.9. The lowest BCUT2D eigenvalue weighted by atomic mass is 10.3. The summed E-state index contributed by atoms with van der Waals surface area (Å²) in [6.07, 6.45) is 5.34. The molecule has 0 atom stereocenters. The molecule has 122 valence electrons. The van der Waals surface area contributed by atoms with Crippen molar-refractivity contribution in [2.45, 2.75) is 19.8 Å². The second-order valence-electron chi connectivity index (χ2n) is 5.55. The van der Waals surface area contributed by atoms with Crippen molar-refractivity contribution in [1.29, 1.82) is 0 Å². The van der Waals surface area contributed by atoms with Gasteiger partial charge in [0.1, 0.15) is 23.7 Å². The van der Waals surface area contributed by atoms with Crippen LogP contribution in [0, 0.1) is 6.92 Å². The van der Waals surface area contributed by atoms with Crippen molar-refractivity contribution in [2.24, 2.45) is 0 Å². The number of hydrogen-bond acceptors (Lipinski definition) is 6. The first kappa shape index (κ1) is 15.3. The van der Waals surface area contributed by atoms with Gasteiger partial charge < -0.3 is 20.0 Å². The standard InChI is InChI=1S/C16H21N5O2/c1-12-19-14(10-15(20-12)21-7-2-3-8-21)17-5-6-18-16(22)13-4-9-23-11-13/h4,9-11H,2-3,5-8H2,1H3,(H,18,22)(H,17,19,20). The highest BCUT2D eigenvalue weighted by atomic mass is 16.3. The van der Waals surface area contributed by atoms with E-state index in [1.165, 1.54) is 25.4 Å². The number of rotatable bonds is 6. The van der Waals surface area contributed by atoms with Gasteiger partial charge in [0.25, 0.3) is 5.91 Å². The van der Waals surface area contributed by atoms with E-state index in [9.17, 15) is 4.79 Å². The zero-order chi connectivity index (χ0) is 16.1. The van der Waals surface area contributed by atoms with Crippen LogP contribution in [0.5, 0.6) is 0 Å². The molecule has 0 radical (unpaired) electrons. The zero-order valence-corrected chi connectivity index (χ0v) is 13.2. The third kappa shape index (κ3) is 4.00. The molecule has 1 fully saturated rings. The fraction of sp³-hybridized carbons (Fsp3) is 0.438. The average Bonchev–Trinajstić information content (AvgIpc) is 3.23. The molecule has 0 bridgehead atoms. The van der Waals surface area contributed by atoms with Crippen LogP contribution in [-0.2, 0) is 0 Å². The molecule has 7 nitrogen and oxygen atoms in total. The summed E-state index contributed by atoms with van der Waals surface area (Å²) < 4.78 is 4.89. The van der Waals surface area contributed by atoms with Crippen molar-refractivity contribution in [1.82, 2.24) is 15.3 Å². The molecule has 23 heavy (non-hydrogen) atoms. The number of amides is 1. The molecule has 2 aromatic heterocycles. The summed E-state index contributed by atoms with van der Waals surface area (Å²) in [5.74, 6) is 2.37. The van der Waals surface area contributed by atoms with Crippen molar-refractivity contribution in [3.8, 4) is 0 Å². The molecule has 1 aliphatic rings. The molecule has 0 aromatic carbocycles. The van der Waals surface area contributed by atoms with Gasteiger partial charge in [-0.3, -0.25) is 4.79 Å². The van der Waals surface area contributed by atoms with E-state index in [1.54, 1.807) is 6.07 Å². The van der Waals surface area contributed by atoms with Gasteiger partial charge in [-0.1, -0.05) is 0 Å². The van der Waals surface area contributed by atoms with Gasteiger partial charge in [-0.2, -0.15) is 0 Å². The van der Waals surface area contributed by atoms with E-state index < -0.39 is 0 Å². The number of anilines is 2. The van der Waals surface area contributed by atoms with Gasteiger partial charge in [0.15, 0.2) is 0 Å². The van der Waals surface area contributed by atoms with E-state index in [-0.39, 0.29) is 5.91 Å². The highest BCUT2D eigenvalue weighted by Gasteiger charge is 2.15. The molecule has 0 saturated carbocycles. The van der Waals surface area contributed by atoms with Gasteiger partial charge in [-0.15, -0.1) is 0 Å². The number of carbonyl (C=O) groups excluding carboxylic acids is 1. The normalized spacial score (nSPS) is 14.0. The molecule has 0 unspecified atom stereocenters. The van der Waals surface area contributed by atoms with Crippen LogP contribution in [0.15, 0.2) is 29.1 Å². The van der Waals surface area contributed by atoms with Crippen molar-refractivity contribution in [3.63, 3.8) is 0 Å². The molecular formula is C16H21N5O2. The van der Waals surface area contributed by atoms with Crippen LogP contribution in [0.3, 0.4) is 0 Å². The molecule has 2 N–H and O–H groups in total. The van der Waals surface area contributed by atoms with Crippen molar-refractivity contribution in [3.05, 3.63) is 36.0 Å². The maximum absolute atomic E-state index is 11.8.